The molecule has 0 saturated carbocycles. The third kappa shape index (κ3) is 3.60. The van der Waals surface area contributed by atoms with Gasteiger partial charge in [0.05, 0.1) is 52.0 Å². The minimum absolute atomic E-state index is 0.0635. The number of aromatic amines is 1. The van der Waals surface area contributed by atoms with Crippen molar-refractivity contribution in [2.75, 3.05) is 11.9 Å². The van der Waals surface area contributed by atoms with Crippen LogP contribution in [0.1, 0.15) is 21.6 Å². The summed E-state index contributed by atoms with van der Waals surface area (Å²) in [6.07, 6.45) is 1.37. The van der Waals surface area contributed by atoms with Gasteiger partial charge in [0, 0.05) is 17.8 Å². The van der Waals surface area contributed by atoms with Crippen molar-refractivity contribution in [2.24, 2.45) is 5.73 Å². The SMILES string of the molecule is N#Cc1ccc(NC(=O)c2c(-c3cc(F)c4cn[nH]c4c3)nn3c2CN(C(N)=O)CC3)cc1Cl. The number of nitrogens with zero attached hydrogens (tertiary/aromatic N) is 5. The van der Waals surface area contributed by atoms with E-state index in [1.165, 1.54) is 29.3 Å². The Morgan fingerprint density at radius 3 is 2.82 bits per heavy atom. The molecule has 0 atom stereocenters. The Labute approximate surface area is 196 Å². The monoisotopic (exact) mass is 478 g/mol. The van der Waals surface area contributed by atoms with Crippen LogP contribution in [0, 0.1) is 17.1 Å². The molecule has 0 radical (unpaired) electrons. The van der Waals surface area contributed by atoms with Crippen LogP contribution >= 0.6 is 11.6 Å². The van der Waals surface area contributed by atoms with Crippen molar-refractivity contribution in [1.82, 2.24) is 24.9 Å². The Bertz CT molecular complexity index is 1520. The molecule has 0 saturated heterocycles. The molecule has 3 amide bonds. The fraction of sp³-hybridized carbons (Fsp3) is 0.136. The normalized spacial score (nSPS) is 12.9. The van der Waals surface area contributed by atoms with Gasteiger partial charge in [0.1, 0.15) is 17.6 Å². The van der Waals surface area contributed by atoms with Crippen LogP contribution in [0.15, 0.2) is 36.5 Å². The van der Waals surface area contributed by atoms with E-state index < -0.39 is 17.8 Å². The topological polar surface area (TPSA) is 146 Å². The smallest absolute Gasteiger partial charge is 0.315 e. The van der Waals surface area contributed by atoms with E-state index in [1.807, 2.05) is 6.07 Å². The van der Waals surface area contributed by atoms with Crippen molar-refractivity contribution in [3.63, 3.8) is 0 Å². The Balaban J connectivity index is 1.62. The molecule has 4 N–H and O–H groups in total. The van der Waals surface area contributed by atoms with Crippen LogP contribution in [-0.4, -0.2) is 43.4 Å². The summed E-state index contributed by atoms with van der Waals surface area (Å²) < 4.78 is 16.3. The van der Waals surface area contributed by atoms with Crippen molar-refractivity contribution in [3.05, 3.63) is 64.2 Å². The minimum atomic E-state index is -0.621. The lowest BCUT2D eigenvalue weighted by Crippen LogP contribution is -2.42. The average molecular weight is 479 g/mol. The first-order valence-electron chi connectivity index (χ1n) is 10.1. The number of primary amides is 1. The van der Waals surface area contributed by atoms with E-state index in [9.17, 15) is 14.0 Å². The molecule has 4 aromatic rings. The lowest BCUT2D eigenvalue weighted by Gasteiger charge is -2.26. The highest BCUT2D eigenvalue weighted by atomic mass is 35.5. The van der Waals surface area contributed by atoms with Gasteiger partial charge in [0.15, 0.2) is 0 Å². The van der Waals surface area contributed by atoms with Gasteiger partial charge in [0.25, 0.3) is 5.91 Å². The van der Waals surface area contributed by atoms with Gasteiger partial charge in [-0.05, 0) is 30.3 Å². The molecule has 3 heterocycles. The number of nitriles is 1. The Morgan fingerprint density at radius 2 is 2.09 bits per heavy atom. The van der Waals surface area contributed by atoms with Gasteiger partial charge in [-0.25, -0.2) is 9.18 Å². The number of H-pyrrole nitrogens is 1. The predicted octanol–water partition coefficient (Wildman–Crippen LogP) is 3.24. The molecule has 0 bridgehead atoms. The van der Waals surface area contributed by atoms with Crippen LogP contribution in [-0.2, 0) is 13.1 Å². The van der Waals surface area contributed by atoms with E-state index in [4.69, 9.17) is 22.6 Å². The van der Waals surface area contributed by atoms with Crippen molar-refractivity contribution in [2.45, 2.75) is 13.1 Å². The summed E-state index contributed by atoms with van der Waals surface area (Å²) in [7, 11) is 0. The maximum atomic E-state index is 14.7. The molecule has 170 valence electrons. The van der Waals surface area contributed by atoms with Crippen LogP contribution in [0.4, 0.5) is 14.9 Å². The summed E-state index contributed by atoms with van der Waals surface area (Å²) in [5, 5.41) is 23.5. The zero-order valence-corrected chi connectivity index (χ0v) is 18.2. The number of carbonyl (C=O) groups is 2. The molecular weight excluding hydrogens is 463 g/mol. The molecule has 10 nitrogen and oxygen atoms in total. The fourth-order valence-electron chi connectivity index (χ4n) is 3.97. The fourth-order valence-corrected chi connectivity index (χ4v) is 4.19. The Morgan fingerprint density at radius 1 is 1.26 bits per heavy atom. The predicted molar refractivity (Wildman–Crippen MR) is 121 cm³/mol. The first-order chi connectivity index (χ1) is 16.4. The van der Waals surface area contributed by atoms with Gasteiger partial charge in [-0.1, -0.05) is 11.6 Å². The number of hydrogen-bond donors (Lipinski definition) is 3. The molecule has 34 heavy (non-hydrogen) atoms. The van der Waals surface area contributed by atoms with Crippen LogP contribution in [0.5, 0.6) is 0 Å². The molecule has 0 fully saturated rings. The van der Waals surface area contributed by atoms with Crippen LogP contribution in [0.3, 0.4) is 0 Å². The number of benzene rings is 2. The van der Waals surface area contributed by atoms with Gasteiger partial charge in [0.2, 0.25) is 0 Å². The third-order valence-corrected chi connectivity index (χ3v) is 5.96. The second kappa shape index (κ2) is 8.17. The first kappa shape index (κ1) is 21.4. The van der Waals surface area contributed by atoms with Crippen molar-refractivity contribution < 1.29 is 14.0 Å². The second-order valence-electron chi connectivity index (χ2n) is 7.70. The van der Waals surface area contributed by atoms with Crippen molar-refractivity contribution in [3.8, 4) is 17.3 Å². The van der Waals surface area contributed by atoms with Gasteiger partial charge >= 0.3 is 6.03 Å². The summed E-state index contributed by atoms with van der Waals surface area (Å²) in [6, 6.07) is 8.77. The summed E-state index contributed by atoms with van der Waals surface area (Å²) in [6.45, 7) is 0.702. The van der Waals surface area contributed by atoms with E-state index in [-0.39, 0.29) is 28.4 Å². The number of aromatic nitrogens is 4. The molecule has 0 spiro atoms. The highest BCUT2D eigenvalue weighted by Crippen LogP contribution is 2.32. The first-order valence-corrected chi connectivity index (χ1v) is 10.5. The molecule has 1 aliphatic heterocycles. The largest absolute Gasteiger partial charge is 0.351 e. The van der Waals surface area contributed by atoms with Crippen LogP contribution in [0.25, 0.3) is 22.2 Å². The van der Waals surface area contributed by atoms with Crippen LogP contribution < -0.4 is 11.1 Å². The number of fused-ring (bicyclic) bond motifs is 2. The van der Waals surface area contributed by atoms with Crippen LogP contribution in [0.2, 0.25) is 5.02 Å². The number of halogens is 2. The lowest BCUT2D eigenvalue weighted by atomic mass is 10.0. The summed E-state index contributed by atoms with van der Waals surface area (Å²) in [5.41, 5.74) is 7.78. The molecule has 0 unspecified atom stereocenters. The summed E-state index contributed by atoms with van der Waals surface area (Å²) in [4.78, 5) is 26.6. The maximum absolute atomic E-state index is 14.7. The van der Waals surface area contributed by atoms with Gasteiger partial charge < -0.3 is 16.0 Å². The second-order valence-corrected chi connectivity index (χ2v) is 8.11. The van der Waals surface area contributed by atoms with E-state index in [0.29, 0.717) is 40.9 Å². The molecule has 12 heteroatoms. The average Bonchev–Trinajstić information content (AvgIpc) is 3.43. The Hall–Kier alpha value is -4.43. The van der Waals surface area contributed by atoms with Gasteiger partial charge in [-0.15, -0.1) is 0 Å². The molecule has 5 rings (SSSR count). The van der Waals surface area contributed by atoms with E-state index in [2.05, 4.69) is 20.6 Å². The molecule has 2 aromatic heterocycles. The standard InChI is InChI=1S/C22H16ClFN8O2/c23-15-7-13(2-1-11(15)8-25)28-21(33)19-18-10-31(22(26)34)3-4-32(18)30-20(19)12-5-16(24)14-9-27-29-17(14)6-12/h1-2,5-7,9H,3-4,10H2,(H2,26,34)(H,27,29)(H,28,33). The third-order valence-electron chi connectivity index (χ3n) is 5.65. The lowest BCUT2D eigenvalue weighted by molar-refractivity contribution is 0.102. The molecule has 1 aliphatic rings. The molecule has 0 aliphatic carbocycles. The minimum Gasteiger partial charge on any atom is -0.351 e. The zero-order chi connectivity index (χ0) is 24.0. The Kier molecular flexibility index (Phi) is 5.14. The number of rotatable bonds is 3. The van der Waals surface area contributed by atoms with Gasteiger partial charge in [-0.3, -0.25) is 14.6 Å². The zero-order valence-electron chi connectivity index (χ0n) is 17.5. The van der Waals surface area contributed by atoms with E-state index in [1.54, 1.807) is 16.8 Å². The van der Waals surface area contributed by atoms with E-state index in [0.717, 1.165) is 0 Å². The van der Waals surface area contributed by atoms with Crippen molar-refractivity contribution in [1.29, 1.82) is 5.26 Å². The quantitative estimate of drug-likeness (QED) is 0.413. The number of nitrogens with one attached hydrogen (secondary N) is 2. The summed E-state index contributed by atoms with van der Waals surface area (Å²) >= 11 is 6.10. The molecular formula is C22H16ClFN8O2. The number of nitrogens with two attached hydrogens (primary N) is 1. The highest BCUT2D eigenvalue weighted by Gasteiger charge is 2.30. The summed E-state index contributed by atoms with van der Waals surface area (Å²) in [5.74, 6) is -1.05. The maximum Gasteiger partial charge on any atom is 0.315 e. The van der Waals surface area contributed by atoms with Gasteiger partial charge in [-0.2, -0.15) is 15.5 Å². The number of amides is 3. The molecule has 2 aromatic carbocycles. The number of hydrogen-bond acceptors (Lipinski definition) is 5. The van der Waals surface area contributed by atoms with Crippen molar-refractivity contribution >= 4 is 40.1 Å². The number of carbonyl (C=O) groups excluding carboxylic acids is 2. The highest BCUT2D eigenvalue weighted by molar-refractivity contribution is 6.32. The number of urea groups is 1. The number of anilines is 1. The van der Waals surface area contributed by atoms with E-state index >= 15 is 0 Å².